The van der Waals surface area contributed by atoms with Gasteiger partial charge in [-0.25, -0.2) is 0 Å². The van der Waals surface area contributed by atoms with Crippen LogP contribution in [0.3, 0.4) is 0 Å². The lowest BCUT2D eigenvalue weighted by atomic mass is 9.79. The third kappa shape index (κ3) is 6.73. The summed E-state index contributed by atoms with van der Waals surface area (Å²) in [4.78, 5) is 2.53. The van der Waals surface area contributed by atoms with Crippen molar-refractivity contribution >= 4 is 0 Å². The van der Waals surface area contributed by atoms with E-state index < -0.39 is 0 Å². The molecule has 1 saturated heterocycles. The Labute approximate surface area is 120 Å². The number of rotatable bonds is 9. The van der Waals surface area contributed by atoms with Gasteiger partial charge >= 0.3 is 0 Å². The van der Waals surface area contributed by atoms with Crippen molar-refractivity contribution in [1.29, 1.82) is 0 Å². The van der Waals surface area contributed by atoms with Gasteiger partial charge in [-0.05, 0) is 38.3 Å². The van der Waals surface area contributed by atoms with E-state index in [1.165, 1.54) is 45.2 Å². The van der Waals surface area contributed by atoms with Gasteiger partial charge in [-0.15, -0.1) is 0 Å². The molecule has 19 heavy (non-hydrogen) atoms. The molecule has 1 aliphatic rings. The molecule has 1 aliphatic heterocycles. The minimum absolute atomic E-state index is 0.420. The van der Waals surface area contributed by atoms with E-state index in [9.17, 15) is 0 Å². The number of hydrogen-bond acceptors (Lipinski definition) is 3. The second-order valence-electron chi connectivity index (χ2n) is 6.59. The fourth-order valence-electron chi connectivity index (χ4n) is 2.90. The molecule has 0 aromatic carbocycles. The maximum atomic E-state index is 5.57. The third-order valence-corrected chi connectivity index (χ3v) is 4.19. The highest BCUT2D eigenvalue weighted by Crippen LogP contribution is 2.31. The first-order valence-corrected chi connectivity index (χ1v) is 8.08. The molecule has 0 bridgehead atoms. The smallest absolute Gasteiger partial charge is 0.0472 e. The van der Waals surface area contributed by atoms with Crippen LogP contribution in [0, 0.1) is 5.41 Å². The summed E-state index contributed by atoms with van der Waals surface area (Å²) < 4.78 is 5.57. The quantitative estimate of drug-likeness (QED) is 0.652. The Balaban J connectivity index is 2.43. The van der Waals surface area contributed by atoms with Crippen molar-refractivity contribution in [3.05, 3.63) is 0 Å². The van der Waals surface area contributed by atoms with Gasteiger partial charge in [0.15, 0.2) is 0 Å². The number of unbranched alkanes of at least 4 members (excludes halogenated alkanes) is 2. The molecule has 0 radical (unpaired) electrons. The second-order valence-corrected chi connectivity index (χ2v) is 6.59. The van der Waals surface area contributed by atoms with Crippen molar-refractivity contribution < 1.29 is 4.74 Å². The fourth-order valence-corrected chi connectivity index (χ4v) is 2.90. The van der Waals surface area contributed by atoms with Crippen molar-refractivity contribution in [3.63, 3.8) is 0 Å². The maximum Gasteiger partial charge on any atom is 0.0472 e. The number of nitrogens with zero attached hydrogens (tertiary/aromatic N) is 1. The molecule has 0 aliphatic carbocycles. The Morgan fingerprint density at radius 2 is 1.89 bits per heavy atom. The van der Waals surface area contributed by atoms with Crippen LogP contribution >= 0.6 is 0 Å². The zero-order chi connectivity index (χ0) is 14.1. The first kappa shape index (κ1) is 16.9. The topological polar surface area (TPSA) is 24.5 Å². The van der Waals surface area contributed by atoms with Crippen LogP contribution in [0.25, 0.3) is 0 Å². The van der Waals surface area contributed by atoms with E-state index in [-0.39, 0.29) is 0 Å². The van der Waals surface area contributed by atoms with E-state index in [4.69, 9.17) is 4.74 Å². The standard InChI is InChI=1S/C16H34N2O/c1-5-6-7-10-18(4)14-16(13-17-15(2)3)8-11-19-12-9-16/h15,17H,5-14H2,1-4H3. The normalized spacial score (nSPS) is 19.3. The van der Waals surface area contributed by atoms with Gasteiger partial charge in [0.05, 0.1) is 0 Å². The zero-order valence-electron chi connectivity index (χ0n) is 13.5. The van der Waals surface area contributed by atoms with E-state index in [0.717, 1.165) is 19.8 Å². The third-order valence-electron chi connectivity index (χ3n) is 4.19. The molecule has 0 spiro atoms. The van der Waals surface area contributed by atoms with Crippen LogP contribution in [0.15, 0.2) is 0 Å². The summed E-state index contributed by atoms with van der Waals surface area (Å²) in [5, 5.41) is 3.65. The van der Waals surface area contributed by atoms with Crippen LogP contribution in [0.4, 0.5) is 0 Å². The lowest BCUT2D eigenvalue weighted by Crippen LogP contribution is -2.48. The van der Waals surface area contributed by atoms with E-state index in [2.05, 4.69) is 38.0 Å². The zero-order valence-corrected chi connectivity index (χ0v) is 13.5. The first-order valence-electron chi connectivity index (χ1n) is 8.08. The Morgan fingerprint density at radius 3 is 2.47 bits per heavy atom. The Bertz CT molecular complexity index is 225. The molecule has 114 valence electrons. The average Bonchev–Trinajstić information content (AvgIpc) is 2.38. The van der Waals surface area contributed by atoms with Crippen molar-refractivity contribution in [2.24, 2.45) is 5.41 Å². The van der Waals surface area contributed by atoms with Gasteiger partial charge in [-0.2, -0.15) is 0 Å². The van der Waals surface area contributed by atoms with Crippen LogP contribution in [-0.4, -0.2) is 50.8 Å². The molecule has 3 heteroatoms. The van der Waals surface area contributed by atoms with Gasteiger partial charge < -0.3 is 15.0 Å². The Hall–Kier alpha value is -0.120. The molecule has 0 saturated carbocycles. The average molecular weight is 270 g/mol. The van der Waals surface area contributed by atoms with Crippen LogP contribution in [0.2, 0.25) is 0 Å². The van der Waals surface area contributed by atoms with Crippen molar-refractivity contribution in [2.45, 2.75) is 58.9 Å². The molecule has 0 atom stereocenters. The van der Waals surface area contributed by atoms with Gasteiger partial charge in [-0.1, -0.05) is 33.6 Å². The second kappa shape index (κ2) is 8.93. The molecule has 1 fully saturated rings. The van der Waals surface area contributed by atoms with Gasteiger partial charge in [0.25, 0.3) is 0 Å². The minimum Gasteiger partial charge on any atom is -0.381 e. The molecule has 1 heterocycles. The number of nitrogens with one attached hydrogen (secondary N) is 1. The molecule has 0 aromatic rings. The monoisotopic (exact) mass is 270 g/mol. The van der Waals surface area contributed by atoms with E-state index in [1.807, 2.05) is 0 Å². The highest BCUT2D eigenvalue weighted by Gasteiger charge is 2.33. The summed E-state index contributed by atoms with van der Waals surface area (Å²) in [6.07, 6.45) is 6.39. The maximum absolute atomic E-state index is 5.57. The van der Waals surface area contributed by atoms with Gasteiger partial charge in [0.1, 0.15) is 0 Å². The molecule has 3 nitrogen and oxygen atoms in total. The lowest BCUT2D eigenvalue weighted by Gasteiger charge is -2.41. The van der Waals surface area contributed by atoms with Crippen molar-refractivity contribution in [2.75, 3.05) is 39.9 Å². The molecule has 0 unspecified atom stereocenters. The minimum atomic E-state index is 0.420. The predicted molar refractivity (Wildman–Crippen MR) is 82.6 cm³/mol. The molecule has 0 aromatic heterocycles. The summed E-state index contributed by atoms with van der Waals surface area (Å²) >= 11 is 0. The van der Waals surface area contributed by atoms with Gasteiger partial charge in [0.2, 0.25) is 0 Å². The highest BCUT2D eigenvalue weighted by molar-refractivity contribution is 4.87. The fraction of sp³-hybridized carbons (Fsp3) is 1.00. The summed E-state index contributed by atoms with van der Waals surface area (Å²) in [6.45, 7) is 12.2. The predicted octanol–water partition coefficient (Wildman–Crippen LogP) is 2.90. The first-order chi connectivity index (χ1) is 9.08. The molecule has 1 rings (SSSR count). The van der Waals surface area contributed by atoms with Gasteiger partial charge in [-0.3, -0.25) is 0 Å². The number of hydrogen-bond donors (Lipinski definition) is 1. The van der Waals surface area contributed by atoms with Crippen LogP contribution in [-0.2, 0) is 4.74 Å². The number of ether oxygens (including phenoxy) is 1. The van der Waals surface area contributed by atoms with Crippen LogP contribution in [0.1, 0.15) is 52.9 Å². The summed E-state index contributed by atoms with van der Waals surface area (Å²) in [7, 11) is 2.28. The van der Waals surface area contributed by atoms with Gasteiger partial charge in [0, 0.05) is 32.3 Å². The van der Waals surface area contributed by atoms with E-state index >= 15 is 0 Å². The Kier molecular flexibility index (Phi) is 7.96. The molecule has 0 amide bonds. The summed E-state index contributed by atoms with van der Waals surface area (Å²) in [5.41, 5.74) is 0.420. The van der Waals surface area contributed by atoms with E-state index in [1.54, 1.807) is 0 Å². The van der Waals surface area contributed by atoms with Crippen LogP contribution in [0.5, 0.6) is 0 Å². The molecule has 1 N–H and O–H groups in total. The van der Waals surface area contributed by atoms with Crippen molar-refractivity contribution in [1.82, 2.24) is 10.2 Å². The van der Waals surface area contributed by atoms with Crippen LogP contribution < -0.4 is 5.32 Å². The summed E-state index contributed by atoms with van der Waals surface area (Å²) in [6, 6.07) is 0.574. The molecular weight excluding hydrogens is 236 g/mol. The van der Waals surface area contributed by atoms with E-state index in [0.29, 0.717) is 11.5 Å². The lowest BCUT2D eigenvalue weighted by molar-refractivity contribution is -0.00159. The largest absolute Gasteiger partial charge is 0.381 e. The molecular formula is C16H34N2O. The Morgan fingerprint density at radius 1 is 1.21 bits per heavy atom. The highest BCUT2D eigenvalue weighted by atomic mass is 16.5. The summed E-state index contributed by atoms with van der Waals surface area (Å²) in [5.74, 6) is 0. The van der Waals surface area contributed by atoms with Crippen molar-refractivity contribution in [3.8, 4) is 0 Å². The SMILES string of the molecule is CCCCCN(C)CC1(CNC(C)C)CCOCC1.